The van der Waals surface area contributed by atoms with Crippen LogP contribution in [0.2, 0.25) is 0 Å². The fourth-order valence-corrected chi connectivity index (χ4v) is 4.94. The first-order valence-corrected chi connectivity index (χ1v) is 12.2. The number of hydrogen-bond donors (Lipinski definition) is 0. The molecule has 0 saturated heterocycles. The van der Waals surface area contributed by atoms with Gasteiger partial charge in [0.05, 0.1) is 11.4 Å². The van der Waals surface area contributed by atoms with E-state index in [9.17, 15) is 8.78 Å². The summed E-state index contributed by atoms with van der Waals surface area (Å²) in [5.74, 6) is -0.585. The highest BCUT2D eigenvalue weighted by Crippen LogP contribution is 2.49. The number of benzene rings is 5. The first kappa shape index (κ1) is 22.7. The topological polar surface area (TPSA) is 4.93 Å². The molecule has 1 aromatic heterocycles. The highest BCUT2D eigenvalue weighted by atomic mass is 19.1. The molecular weight excluding hydrogens is 460 g/mol. The second-order valence-electron chi connectivity index (χ2n) is 8.86. The zero-order valence-corrected chi connectivity index (χ0v) is 20.0. The molecule has 0 amide bonds. The molecule has 37 heavy (non-hydrogen) atoms. The summed E-state index contributed by atoms with van der Waals surface area (Å²) in [4.78, 5) is 0. The summed E-state index contributed by atoms with van der Waals surface area (Å²) in [5, 5.41) is 0. The van der Waals surface area contributed by atoms with Crippen molar-refractivity contribution in [1.82, 2.24) is 4.57 Å². The normalized spacial score (nSPS) is 11.0. The molecule has 1 heterocycles. The first-order valence-electron chi connectivity index (χ1n) is 12.2. The van der Waals surface area contributed by atoms with Crippen molar-refractivity contribution in [2.45, 2.75) is 0 Å². The van der Waals surface area contributed by atoms with Gasteiger partial charge in [-0.05, 0) is 58.7 Å². The Bertz CT molecular complexity index is 1530. The van der Waals surface area contributed by atoms with Crippen LogP contribution in [-0.4, -0.2) is 4.57 Å². The molecular formula is C34H23F2N. The quantitative estimate of drug-likeness (QED) is 0.230. The summed E-state index contributed by atoms with van der Waals surface area (Å²) in [6.45, 7) is 0. The number of aromatic nitrogens is 1. The third kappa shape index (κ3) is 4.25. The fourth-order valence-electron chi connectivity index (χ4n) is 4.94. The third-order valence-electron chi connectivity index (χ3n) is 6.55. The average Bonchev–Trinajstić information content (AvgIpc) is 3.31. The average molecular weight is 484 g/mol. The van der Waals surface area contributed by atoms with E-state index in [0.717, 1.165) is 50.5 Å². The van der Waals surface area contributed by atoms with Gasteiger partial charge in [-0.25, -0.2) is 8.78 Å². The number of nitrogens with zero attached hydrogens (tertiary/aromatic N) is 1. The van der Waals surface area contributed by atoms with Gasteiger partial charge in [-0.15, -0.1) is 0 Å². The molecule has 0 aliphatic heterocycles. The molecule has 0 unspecified atom stereocenters. The maximum absolute atomic E-state index is 14.1. The van der Waals surface area contributed by atoms with E-state index in [1.165, 1.54) is 24.3 Å². The molecule has 178 valence electrons. The molecule has 0 bridgehead atoms. The Kier molecular flexibility index (Phi) is 5.95. The van der Waals surface area contributed by atoms with Crippen LogP contribution >= 0.6 is 0 Å². The van der Waals surface area contributed by atoms with Crippen molar-refractivity contribution < 1.29 is 8.78 Å². The largest absolute Gasteiger partial charge is 0.308 e. The van der Waals surface area contributed by atoms with E-state index in [1.54, 1.807) is 0 Å². The van der Waals surface area contributed by atoms with Crippen molar-refractivity contribution in [2.75, 3.05) is 0 Å². The van der Waals surface area contributed by atoms with Crippen LogP contribution in [0.25, 0.3) is 50.5 Å². The number of halogens is 2. The SMILES string of the molecule is Fc1ccc(-c2c(-c3ccc(F)cc3)c(-c3ccccc3)n(-c3ccccc3)c2-c2ccccc2)cc1. The number of para-hydroxylation sites is 1. The molecule has 6 aromatic rings. The number of rotatable bonds is 5. The summed E-state index contributed by atoms with van der Waals surface area (Å²) in [5.41, 5.74) is 8.69. The second kappa shape index (κ2) is 9.71. The Labute approximate surface area is 214 Å². The van der Waals surface area contributed by atoms with Crippen molar-refractivity contribution in [2.24, 2.45) is 0 Å². The molecule has 0 spiro atoms. The minimum atomic E-state index is -0.292. The van der Waals surface area contributed by atoms with Gasteiger partial charge >= 0.3 is 0 Å². The van der Waals surface area contributed by atoms with Gasteiger partial charge in [-0.3, -0.25) is 0 Å². The van der Waals surface area contributed by atoms with E-state index in [-0.39, 0.29) is 11.6 Å². The van der Waals surface area contributed by atoms with Gasteiger partial charge in [0, 0.05) is 16.8 Å². The van der Waals surface area contributed by atoms with Crippen molar-refractivity contribution >= 4 is 0 Å². The predicted octanol–water partition coefficient (Wildman–Crippen LogP) is 9.42. The zero-order chi connectivity index (χ0) is 25.2. The van der Waals surface area contributed by atoms with Crippen LogP contribution in [0.15, 0.2) is 140 Å². The molecule has 0 aliphatic carbocycles. The first-order chi connectivity index (χ1) is 18.2. The number of hydrogen-bond acceptors (Lipinski definition) is 0. The highest BCUT2D eigenvalue weighted by molar-refractivity contribution is 6.03. The Morgan fingerprint density at radius 3 is 1.08 bits per heavy atom. The summed E-state index contributed by atoms with van der Waals surface area (Å²) in [6.07, 6.45) is 0. The lowest BCUT2D eigenvalue weighted by atomic mass is 9.91. The van der Waals surface area contributed by atoms with Gasteiger partial charge in [0.25, 0.3) is 0 Å². The minimum absolute atomic E-state index is 0.292. The fraction of sp³-hybridized carbons (Fsp3) is 0. The van der Waals surface area contributed by atoms with E-state index in [1.807, 2.05) is 78.9 Å². The molecule has 5 aromatic carbocycles. The van der Waals surface area contributed by atoms with Gasteiger partial charge in [-0.2, -0.15) is 0 Å². The van der Waals surface area contributed by atoms with Crippen LogP contribution in [0.4, 0.5) is 8.78 Å². The molecule has 0 saturated carbocycles. The smallest absolute Gasteiger partial charge is 0.123 e. The standard InChI is InChI=1S/C34H23F2N/c35-28-20-16-24(17-21-28)31-32(25-18-22-29(36)23-19-25)34(27-12-6-2-7-13-27)37(30-14-8-3-9-15-30)33(31)26-10-4-1-5-11-26/h1-23H. The van der Waals surface area contributed by atoms with E-state index < -0.39 is 0 Å². The zero-order valence-electron chi connectivity index (χ0n) is 20.0. The van der Waals surface area contributed by atoms with E-state index in [4.69, 9.17) is 0 Å². The van der Waals surface area contributed by atoms with Crippen LogP contribution in [0.5, 0.6) is 0 Å². The molecule has 3 heteroatoms. The highest BCUT2D eigenvalue weighted by Gasteiger charge is 2.27. The summed E-state index contributed by atoms with van der Waals surface area (Å²) in [6, 6.07) is 43.8. The molecule has 0 aliphatic rings. The lowest BCUT2D eigenvalue weighted by molar-refractivity contribution is 0.627. The van der Waals surface area contributed by atoms with E-state index in [2.05, 4.69) is 41.0 Å². The van der Waals surface area contributed by atoms with Gasteiger partial charge in [0.2, 0.25) is 0 Å². The monoisotopic (exact) mass is 483 g/mol. The molecule has 0 N–H and O–H groups in total. The second-order valence-corrected chi connectivity index (χ2v) is 8.86. The van der Waals surface area contributed by atoms with Crippen LogP contribution in [0.1, 0.15) is 0 Å². The molecule has 6 rings (SSSR count). The lowest BCUT2D eigenvalue weighted by Crippen LogP contribution is -2.00. The lowest BCUT2D eigenvalue weighted by Gasteiger charge is -2.15. The summed E-state index contributed by atoms with van der Waals surface area (Å²) in [7, 11) is 0. The molecule has 0 fully saturated rings. The van der Waals surface area contributed by atoms with Crippen molar-refractivity contribution in [3.05, 3.63) is 151 Å². The van der Waals surface area contributed by atoms with Crippen molar-refractivity contribution in [3.8, 4) is 50.5 Å². The van der Waals surface area contributed by atoms with Gasteiger partial charge in [0.1, 0.15) is 11.6 Å². The Morgan fingerprint density at radius 2 is 0.703 bits per heavy atom. The Morgan fingerprint density at radius 1 is 0.351 bits per heavy atom. The van der Waals surface area contributed by atoms with E-state index >= 15 is 0 Å². The van der Waals surface area contributed by atoms with Gasteiger partial charge in [-0.1, -0.05) is 103 Å². The van der Waals surface area contributed by atoms with Gasteiger partial charge < -0.3 is 4.57 Å². The van der Waals surface area contributed by atoms with Crippen LogP contribution in [0, 0.1) is 11.6 Å². The van der Waals surface area contributed by atoms with Crippen molar-refractivity contribution in [3.63, 3.8) is 0 Å². The van der Waals surface area contributed by atoms with Crippen LogP contribution in [-0.2, 0) is 0 Å². The van der Waals surface area contributed by atoms with E-state index in [0.29, 0.717) is 0 Å². The predicted molar refractivity (Wildman–Crippen MR) is 147 cm³/mol. The summed E-state index contributed by atoms with van der Waals surface area (Å²) >= 11 is 0. The third-order valence-corrected chi connectivity index (χ3v) is 6.55. The van der Waals surface area contributed by atoms with Crippen molar-refractivity contribution in [1.29, 1.82) is 0 Å². The van der Waals surface area contributed by atoms with Crippen LogP contribution in [0.3, 0.4) is 0 Å². The molecule has 1 nitrogen and oxygen atoms in total. The maximum Gasteiger partial charge on any atom is 0.123 e. The van der Waals surface area contributed by atoms with Crippen LogP contribution < -0.4 is 0 Å². The molecule has 0 atom stereocenters. The Hall–Kier alpha value is -4.76. The molecule has 0 radical (unpaired) electrons. The minimum Gasteiger partial charge on any atom is -0.308 e. The summed E-state index contributed by atoms with van der Waals surface area (Å²) < 4.78 is 30.4. The maximum atomic E-state index is 14.1. The Balaban J connectivity index is 1.85. The van der Waals surface area contributed by atoms with Gasteiger partial charge in [0.15, 0.2) is 0 Å².